The fourth-order valence-electron chi connectivity index (χ4n) is 15.8. The Morgan fingerprint density at radius 2 is 1.38 bits per heavy atom. The summed E-state index contributed by atoms with van der Waals surface area (Å²) in [6.45, 7) is 13.5. The third-order valence-corrected chi connectivity index (χ3v) is 20.2. The maximum absolute atomic E-state index is 14.4. The number of cyclic esters (lactones) is 1. The molecule has 8 fully saturated rings. The van der Waals surface area contributed by atoms with E-state index in [2.05, 4.69) is 40.3 Å². The van der Waals surface area contributed by atoms with Crippen LogP contribution in [0.3, 0.4) is 0 Å². The first-order chi connectivity index (χ1) is 37.0. The van der Waals surface area contributed by atoms with E-state index in [1.807, 2.05) is 13.8 Å². The Hall–Kier alpha value is -2.23. The molecule has 26 heteroatoms. The number of aliphatic hydroxyl groups excluding tert-OH is 9. The molecule has 0 amide bonds. The van der Waals surface area contributed by atoms with Gasteiger partial charge in [-0.1, -0.05) is 44.9 Å². The van der Waals surface area contributed by atoms with E-state index in [1.165, 1.54) is 12.7 Å². The van der Waals surface area contributed by atoms with Crippen LogP contribution < -0.4 is 0 Å². The minimum absolute atomic E-state index is 0.0289. The monoisotopic (exact) mass is 1150 g/mol. The van der Waals surface area contributed by atoms with Crippen LogP contribution in [0.5, 0.6) is 0 Å². The summed E-state index contributed by atoms with van der Waals surface area (Å²) in [4.78, 5) is 28.7. The maximum atomic E-state index is 14.4. The molecule has 9 aliphatic rings. The second-order valence-corrected chi connectivity index (χ2v) is 25.9. The summed E-state index contributed by atoms with van der Waals surface area (Å²) in [5, 5.41) is 98.8. The largest absolute Gasteiger partial charge is 0.458 e. The topological polar surface area (TPSA) is 372 Å². The van der Waals surface area contributed by atoms with Gasteiger partial charge in [-0.05, 0) is 93.3 Å². The van der Waals surface area contributed by atoms with E-state index in [0.717, 1.165) is 18.4 Å². The molecule has 79 heavy (non-hydrogen) atoms. The summed E-state index contributed by atoms with van der Waals surface area (Å²) in [5.74, 6) is -0.905. The van der Waals surface area contributed by atoms with E-state index in [4.69, 9.17) is 51.6 Å². The van der Waals surface area contributed by atoms with Gasteiger partial charge in [0.1, 0.15) is 96.8 Å². The highest BCUT2D eigenvalue weighted by Gasteiger charge is 2.79. The smallest absolute Gasteiger partial charge is 0.397 e. The van der Waals surface area contributed by atoms with Crippen LogP contribution in [-0.4, -0.2) is 227 Å². The molecule has 26 atom stereocenters. The highest BCUT2D eigenvalue weighted by atomic mass is 32.3. The van der Waals surface area contributed by atoms with E-state index in [1.54, 1.807) is 0 Å². The number of hydrogen-bond acceptors (Lipinski definition) is 24. The fraction of sp³-hybridized carbons (Fsp3) is 0.887. The van der Waals surface area contributed by atoms with Crippen LogP contribution in [0.4, 0.5) is 0 Å². The van der Waals surface area contributed by atoms with Gasteiger partial charge in [-0.25, -0.2) is 4.18 Å². The average molecular weight is 1150 g/mol. The third-order valence-electron chi connectivity index (χ3n) is 19.7. The molecule has 10 N–H and O–H groups in total. The predicted molar refractivity (Wildman–Crippen MR) is 267 cm³/mol. The van der Waals surface area contributed by atoms with Crippen molar-refractivity contribution >= 4 is 22.2 Å². The lowest BCUT2D eigenvalue weighted by atomic mass is 9.41. The van der Waals surface area contributed by atoms with Crippen molar-refractivity contribution in [1.29, 1.82) is 0 Å². The van der Waals surface area contributed by atoms with Crippen molar-refractivity contribution in [2.45, 2.75) is 222 Å². The van der Waals surface area contributed by atoms with Gasteiger partial charge in [0, 0.05) is 13.5 Å². The third kappa shape index (κ3) is 10.5. The van der Waals surface area contributed by atoms with Crippen molar-refractivity contribution in [2.75, 3.05) is 33.5 Å². The van der Waals surface area contributed by atoms with Crippen molar-refractivity contribution in [3.05, 3.63) is 23.8 Å². The number of ketones is 1. The Kier molecular flexibility index (Phi) is 17.6. The quantitative estimate of drug-likeness (QED) is 0.0370. The van der Waals surface area contributed by atoms with Crippen molar-refractivity contribution in [1.82, 2.24) is 0 Å². The molecular weight excluding hydrogens is 1070 g/mol. The number of rotatable bonds is 17. The van der Waals surface area contributed by atoms with Crippen LogP contribution in [0.25, 0.3) is 0 Å². The van der Waals surface area contributed by atoms with Gasteiger partial charge in [-0.2, -0.15) is 8.42 Å². The molecule has 1 spiro atoms. The molecule has 450 valence electrons. The zero-order valence-corrected chi connectivity index (χ0v) is 46.5. The highest BCUT2D eigenvalue weighted by molar-refractivity contribution is 7.80. The lowest BCUT2D eigenvalue weighted by molar-refractivity contribution is -0.385. The number of esters is 1. The summed E-state index contributed by atoms with van der Waals surface area (Å²) < 4.78 is 97.4. The number of carbonyl (C=O) groups excluding carboxylic acids is 2. The van der Waals surface area contributed by atoms with E-state index in [-0.39, 0.29) is 30.0 Å². The Balaban J connectivity index is 0.902. The number of aliphatic hydroxyl groups is 9. The minimum atomic E-state index is -5.19. The summed E-state index contributed by atoms with van der Waals surface area (Å²) in [6, 6.07) is 0. The van der Waals surface area contributed by atoms with Crippen LogP contribution in [0.15, 0.2) is 23.8 Å². The Bertz CT molecular complexity index is 2390. The molecule has 0 aromatic carbocycles. The number of hydrogen-bond donors (Lipinski definition) is 10. The second-order valence-electron chi connectivity index (χ2n) is 24.9. The zero-order valence-electron chi connectivity index (χ0n) is 45.7. The number of methoxy groups -OCH3 is 1. The normalized spacial score (nSPS) is 49.7. The number of Topliss-reactive ketones (excluding diaryl/α,β-unsaturated/α-hetero) is 1. The van der Waals surface area contributed by atoms with Crippen LogP contribution in [0.1, 0.15) is 99.3 Å². The van der Waals surface area contributed by atoms with Crippen LogP contribution >= 0.6 is 0 Å². The molecule has 26 unspecified atom stereocenters. The molecule has 25 nitrogen and oxygen atoms in total. The lowest BCUT2D eigenvalue weighted by Crippen LogP contribution is -2.66. The molecule has 4 aliphatic carbocycles. The molecule has 5 heterocycles. The SMILES string of the molecule is C=C(C)CCCC1(C)OC(=O)C23CC=C4C(CCC5C4(C)CCC(OC4OCC(OS(=O)(=O)O)C(O)C4OC4OC(CO)C(OC6OCC(O)C(OC7OC(CO)C(O)C(OC)C7O)C6O)C(O)C4O)C5(C)C)C2(C)CC(=O)C13. The van der Waals surface area contributed by atoms with Crippen LogP contribution in [0.2, 0.25) is 0 Å². The summed E-state index contributed by atoms with van der Waals surface area (Å²) in [5.41, 5.74) is -1.41. The Morgan fingerprint density at radius 3 is 2.04 bits per heavy atom. The molecule has 0 bridgehead atoms. The van der Waals surface area contributed by atoms with E-state index >= 15 is 0 Å². The van der Waals surface area contributed by atoms with E-state index in [9.17, 15) is 68.5 Å². The summed E-state index contributed by atoms with van der Waals surface area (Å²) in [7, 11) is -4.00. The van der Waals surface area contributed by atoms with Crippen molar-refractivity contribution in [3.63, 3.8) is 0 Å². The second kappa shape index (κ2) is 22.6. The maximum Gasteiger partial charge on any atom is 0.397 e. The molecule has 0 radical (unpaired) electrons. The number of ether oxygens (including phenoxy) is 10. The molecule has 9 rings (SSSR count). The van der Waals surface area contributed by atoms with Crippen LogP contribution in [-0.2, 0) is 71.5 Å². The minimum Gasteiger partial charge on any atom is -0.458 e. The Labute approximate surface area is 459 Å². The molecule has 5 aliphatic heterocycles. The van der Waals surface area contributed by atoms with Crippen LogP contribution in [0, 0.1) is 39.4 Å². The summed E-state index contributed by atoms with van der Waals surface area (Å²) in [6.07, 6.45) is -24.0. The highest BCUT2D eigenvalue weighted by Crippen LogP contribution is 2.75. The van der Waals surface area contributed by atoms with Gasteiger partial charge in [0.25, 0.3) is 0 Å². The first-order valence-corrected chi connectivity index (χ1v) is 28.8. The number of carbonyl (C=O) groups is 2. The molecule has 0 aromatic heterocycles. The van der Waals surface area contributed by atoms with Gasteiger partial charge in [0.05, 0.1) is 43.9 Å². The standard InChI is InChI=1S/C53H82O25S/c1-23(2)10-9-15-52(7)43-26(56)18-51(6)25-11-12-31-49(3,4)32(14-16-50(31,5)24(25)13-17-53(43,51)48(64)77-52)73-47-42(34(59)30(22-70-47)78-79(65,66)67)76-45-36(61)35(60)40(29(20-55)72-45)75-44-37(62)39(27(57)21-69-44)74-46-38(63)41(68-8)33(58)28(19-54)71-46/h13,25,27-47,54-55,57-63H,1,9-12,14-22H2,2-8H3,(H,65,66,67). The van der Waals surface area contributed by atoms with Crippen molar-refractivity contribution in [2.24, 2.45) is 39.4 Å². The van der Waals surface area contributed by atoms with Gasteiger partial charge in [0.2, 0.25) is 0 Å². The molecular formula is C53H82O25S. The number of fused-ring (bicyclic) bond motifs is 4. The first kappa shape index (κ1) is 61.3. The van der Waals surface area contributed by atoms with Gasteiger partial charge < -0.3 is 93.3 Å². The molecule has 3 saturated carbocycles. The van der Waals surface area contributed by atoms with Gasteiger partial charge >= 0.3 is 16.4 Å². The molecule has 5 saturated heterocycles. The van der Waals surface area contributed by atoms with E-state index in [0.29, 0.717) is 38.5 Å². The summed E-state index contributed by atoms with van der Waals surface area (Å²) >= 11 is 0. The average Bonchev–Trinajstić information content (AvgIpc) is 2.70. The van der Waals surface area contributed by atoms with Gasteiger partial charge in [-0.3, -0.25) is 14.1 Å². The van der Waals surface area contributed by atoms with Crippen molar-refractivity contribution < 1.29 is 120 Å². The van der Waals surface area contributed by atoms with Gasteiger partial charge in [0.15, 0.2) is 25.2 Å². The lowest BCUT2D eigenvalue weighted by Gasteiger charge is -2.63. The zero-order chi connectivity index (χ0) is 57.7. The fourth-order valence-corrected chi connectivity index (χ4v) is 16.3. The Morgan fingerprint density at radius 1 is 0.747 bits per heavy atom. The predicted octanol–water partition coefficient (Wildman–Crippen LogP) is -0.770. The van der Waals surface area contributed by atoms with Gasteiger partial charge in [-0.15, -0.1) is 6.58 Å². The molecule has 0 aromatic rings. The number of allylic oxidation sites excluding steroid dienone is 3. The van der Waals surface area contributed by atoms with E-state index < -0.39 is 187 Å². The van der Waals surface area contributed by atoms with Crippen molar-refractivity contribution in [3.8, 4) is 0 Å². The first-order valence-electron chi connectivity index (χ1n) is 27.5.